The molecule has 74 valence electrons. The molecule has 2 nitrogen and oxygen atoms in total. The molecular weight excluding hydrogens is 180 g/mol. The normalized spacial score (nSPS) is 33.6. The molecule has 1 atom stereocenters. The lowest BCUT2D eigenvalue weighted by Gasteiger charge is -2.18. The first kappa shape index (κ1) is 9.38. The van der Waals surface area contributed by atoms with Crippen molar-refractivity contribution in [2.75, 3.05) is 5.75 Å². The van der Waals surface area contributed by atoms with Crippen LogP contribution >= 0.6 is 11.8 Å². The van der Waals surface area contributed by atoms with E-state index in [2.05, 4.69) is 12.2 Å². The molecule has 1 aliphatic heterocycles. The predicted octanol–water partition coefficient (Wildman–Crippen LogP) is 2.40. The Morgan fingerprint density at radius 1 is 1.31 bits per heavy atom. The Morgan fingerprint density at radius 3 is 2.69 bits per heavy atom. The van der Waals surface area contributed by atoms with Crippen molar-refractivity contribution in [3.8, 4) is 0 Å². The molecule has 2 aliphatic rings. The van der Waals surface area contributed by atoms with Crippen LogP contribution in [0.25, 0.3) is 0 Å². The van der Waals surface area contributed by atoms with E-state index >= 15 is 0 Å². The van der Waals surface area contributed by atoms with E-state index in [0.717, 1.165) is 0 Å². The SMILES string of the molecule is CC1CSC(=NC2CCCCC2)N1. The van der Waals surface area contributed by atoms with Crippen molar-refractivity contribution in [3.05, 3.63) is 0 Å². The average molecular weight is 198 g/mol. The van der Waals surface area contributed by atoms with E-state index in [-0.39, 0.29) is 0 Å². The molecule has 1 aliphatic carbocycles. The number of rotatable bonds is 1. The minimum atomic E-state index is 0.618. The second-order valence-corrected chi connectivity index (χ2v) is 5.09. The monoisotopic (exact) mass is 198 g/mol. The molecule has 13 heavy (non-hydrogen) atoms. The molecule has 1 saturated heterocycles. The van der Waals surface area contributed by atoms with Gasteiger partial charge in [0.2, 0.25) is 0 Å². The van der Waals surface area contributed by atoms with Gasteiger partial charge in [0, 0.05) is 11.8 Å². The first-order valence-electron chi connectivity index (χ1n) is 5.32. The lowest BCUT2D eigenvalue weighted by atomic mass is 9.96. The second-order valence-electron chi connectivity index (χ2n) is 4.08. The Kier molecular flexibility index (Phi) is 3.14. The van der Waals surface area contributed by atoms with Crippen molar-refractivity contribution in [2.45, 2.75) is 51.1 Å². The Hall–Kier alpha value is -0.180. The highest BCUT2D eigenvalue weighted by molar-refractivity contribution is 8.14. The van der Waals surface area contributed by atoms with E-state index in [1.54, 1.807) is 0 Å². The average Bonchev–Trinajstić information content (AvgIpc) is 2.53. The van der Waals surface area contributed by atoms with Crippen molar-refractivity contribution in [1.29, 1.82) is 0 Å². The van der Waals surface area contributed by atoms with Gasteiger partial charge in [0.1, 0.15) is 0 Å². The molecule has 0 amide bonds. The van der Waals surface area contributed by atoms with Gasteiger partial charge in [-0.1, -0.05) is 31.0 Å². The molecule has 2 fully saturated rings. The first-order chi connectivity index (χ1) is 6.34. The molecule has 1 unspecified atom stereocenters. The zero-order chi connectivity index (χ0) is 9.10. The van der Waals surface area contributed by atoms with Gasteiger partial charge in [-0.05, 0) is 19.8 Å². The maximum Gasteiger partial charge on any atom is 0.157 e. The fraction of sp³-hybridized carbons (Fsp3) is 0.900. The number of hydrogen-bond acceptors (Lipinski definition) is 2. The number of nitrogens with one attached hydrogen (secondary N) is 1. The van der Waals surface area contributed by atoms with Crippen LogP contribution in [-0.2, 0) is 0 Å². The van der Waals surface area contributed by atoms with E-state index < -0.39 is 0 Å². The largest absolute Gasteiger partial charge is 0.362 e. The molecule has 0 aromatic carbocycles. The van der Waals surface area contributed by atoms with Crippen LogP contribution < -0.4 is 5.32 Å². The van der Waals surface area contributed by atoms with E-state index in [1.807, 2.05) is 11.8 Å². The van der Waals surface area contributed by atoms with Crippen LogP contribution in [0.3, 0.4) is 0 Å². The van der Waals surface area contributed by atoms with Crippen LogP contribution in [0.5, 0.6) is 0 Å². The van der Waals surface area contributed by atoms with E-state index in [0.29, 0.717) is 12.1 Å². The van der Waals surface area contributed by atoms with Crippen LogP contribution in [0.2, 0.25) is 0 Å². The summed E-state index contributed by atoms with van der Waals surface area (Å²) in [5.74, 6) is 1.19. The highest BCUT2D eigenvalue weighted by Gasteiger charge is 2.18. The van der Waals surface area contributed by atoms with Gasteiger partial charge in [-0.3, -0.25) is 4.99 Å². The maximum absolute atomic E-state index is 4.75. The third-order valence-electron chi connectivity index (χ3n) is 2.71. The lowest BCUT2D eigenvalue weighted by molar-refractivity contribution is 0.443. The summed E-state index contributed by atoms with van der Waals surface area (Å²) >= 11 is 1.88. The van der Waals surface area contributed by atoms with E-state index in [1.165, 1.54) is 43.0 Å². The summed E-state index contributed by atoms with van der Waals surface area (Å²) in [6.07, 6.45) is 6.78. The van der Waals surface area contributed by atoms with Gasteiger partial charge in [0.05, 0.1) is 6.04 Å². The first-order valence-corrected chi connectivity index (χ1v) is 6.30. The van der Waals surface area contributed by atoms with E-state index in [9.17, 15) is 0 Å². The lowest BCUT2D eigenvalue weighted by Crippen LogP contribution is -2.25. The van der Waals surface area contributed by atoms with Crippen LogP contribution in [0, 0.1) is 0 Å². The molecule has 0 aromatic rings. The summed E-state index contributed by atoms with van der Waals surface area (Å²) in [5.41, 5.74) is 0. The molecule has 1 saturated carbocycles. The molecule has 1 N–H and O–H groups in total. The minimum absolute atomic E-state index is 0.618. The van der Waals surface area contributed by atoms with Gasteiger partial charge in [-0.2, -0.15) is 0 Å². The number of hydrogen-bond donors (Lipinski definition) is 1. The maximum atomic E-state index is 4.75. The number of amidine groups is 1. The summed E-state index contributed by atoms with van der Waals surface area (Å²) in [4.78, 5) is 4.75. The van der Waals surface area contributed by atoms with Crippen molar-refractivity contribution in [1.82, 2.24) is 5.32 Å². The quantitative estimate of drug-likeness (QED) is 0.699. The molecule has 0 radical (unpaired) electrons. The van der Waals surface area contributed by atoms with Gasteiger partial charge < -0.3 is 5.32 Å². The van der Waals surface area contributed by atoms with Crippen LogP contribution in [0.15, 0.2) is 4.99 Å². The summed E-state index contributed by atoms with van der Waals surface area (Å²) in [6, 6.07) is 1.24. The van der Waals surface area contributed by atoms with E-state index in [4.69, 9.17) is 4.99 Å². The highest BCUT2D eigenvalue weighted by Crippen LogP contribution is 2.22. The zero-order valence-corrected chi connectivity index (χ0v) is 9.07. The molecular formula is C10H18N2S. The number of aliphatic imine (C=N–C) groups is 1. The molecule has 3 heteroatoms. The van der Waals surface area contributed by atoms with Crippen molar-refractivity contribution < 1.29 is 0 Å². The summed E-state index contributed by atoms with van der Waals surface area (Å²) in [5, 5.41) is 4.61. The molecule has 1 heterocycles. The minimum Gasteiger partial charge on any atom is -0.362 e. The molecule has 0 aromatic heterocycles. The fourth-order valence-electron chi connectivity index (χ4n) is 1.95. The summed E-state index contributed by atoms with van der Waals surface area (Å²) in [7, 11) is 0. The van der Waals surface area contributed by atoms with Crippen LogP contribution in [-0.4, -0.2) is 23.0 Å². The number of nitrogens with zero attached hydrogens (tertiary/aromatic N) is 1. The van der Waals surface area contributed by atoms with Gasteiger partial charge in [0.25, 0.3) is 0 Å². The molecule has 0 spiro atoms. The smallest absolute Gasteiger partial charge is 0.157 e. The zero-order valence-electron chi connectivity index (χ0n) is 8.25. The molecule has 0 bridgehead atoms. The van der Waals surface area contributed by atoms with Gasteiger partial charge >= 0.3 is 0 Å². The molecule has 2 rings (SSSR count). The Labute approximate surface area is 84.6 Å². The van der Waals surface area contributed by atoms with Gasteiger partial charge in [-0.25, -0.2) is 0 Å². The van der Waals surface area contributed by atoms with Gasteiger partial charge in [0.15, 0.2) is 5.17 Å². The summed E-state index contributed by atoms with van der Waals surface area (Å²) in [6.45, 7) is 2.22. The van der Waals surface area contributed by atoms with Crippen molar-refractivity contribution in [3.63, 3.8) is 0 Å². The number of thioether (sulfide) groups is 1. The topological polar surface area (TPSA) is 24.4 Å². The van der Waals surface area contributed by atoms with Gasteiger partial charge in [-0.15, -0.1) is 0 Å². The highest BCUT2D eigenvalue weighted by atomic mass is 32.2. The van der Waals surface area contributed by atoms with Crippen molar-refractivity contribution in [2.24, 2.45) is 4.99 Å². The fourth-order valence-corrected chi connectivity index (χ4v) is 2.95. The Balaban J connectivity index is 1.87. The standard InChI is InChI=1S/C10H18N2S/c1-8-7-13-10(11-8)12-9-5-3-2-4-6-9/h8-9H,2-7H2,1H3,(H,11,12). The Bertz CT molecular complexity index is 197. The van der Waals surface area contributed by atoms with Crippen LogP contribution in [0.1, 0.15) is 39.0 Å². The second kappa shape index (κ2) is 4.36. The van der Waals surface area contributed by atoms with Crippen molar-refractivity contribution >= 4 is 16.9 Å². The third kappa shape index (κ3) is 2.63. The predicted molar refractivity (Wildman–Crippen MR) is 59.4 cm³/mol. The van der Waals surface area contributed by atoms with Crippen LogP contribution in [0.4, 0.5) is 0 Å². The Morgan fingerprint density at radius 2 is 2.08 bits per heavy atom. The third-order valence-corrected chi connectivity index (χ3v) is 3.88. The summed E-state index contributed by atoms with van der Waals surface area (Å²) < 4.78 is 0.